The largest absolute Gasteiger partial charge is 0.444 e. The van der Waals surface area contributed by atoms with E-state index in [1.165, 1.54) is 27.3 Å². The zero-order valence-corrected chi connectivity index (χ0v) is 17.1. The number of thiophene rings is 1. The van der Waals surface area contributed by atoms with Gasteiger partial charge in [-0.3, -0.25) is 4.90 Å². The summed E-state index contributed by atoms with van der Waals surface area (Å²) >= 11 is 1.85. The predicted molar refractivity (Wildman–Crippen MR) is 112 cm³/mol. The zero-order chi connectivity index (χ0) is 19.0. The maximum Gasteiger partial charge on any atom is 0.411 e. The van der Waals surface area contributed by atoms with Gasteiger partial charge in [-0.15, -0.1) is 11.3 Å². The normalized spacial score (nSPS) is 22.3. The summed E-state index contributed by atoms with van der Waals surface area (Å²) in [5.41, 5.74) is 2.20. The van der Waals surface area contributed by atoms with Gasteiger partial charge < -0.3 is 4.74 Å². The number of hydrogen-bond donors (Lipinski definition) is 0. The molecule has 1 fully saturated rings. The maximum absolute atomic E-state index is 12.7. The average Bonchev–Trinajstić information content (AvgIpc) is 3.10. The molecule has 1 saturated heterocycles. The molecule has 2 atom stereocenters. The Morgan fingerprint density at radius 3 is 2.52 bits per heavy atom. The summed E-state index contributed by atoms with van der Waals surface area (Å²) in [4.78, 5) is 17.4. The zero-order valence-electron chi connectivity index (χ0n) is 16.3. The average molecular weight is 382 g/mol. The van der Waals surface area contributed by atoms with Gasteiger partial charge in [0.25, 0.3) is 0 Å². The summed E-state index contributed by atoms with van der Waals surface area (Å²) in [7, 11) is 0. The second-order valence-electron chi connectivity index (χ2n) is 8.47. The molecule has 1 aromatic heterocycles. The van der Waals surface area contributed by atoms with Crippen molar-refractivity contribution in [1.82, 2.24) is 4.90 Å². The molecule has 1 aromatic carbocycles. The van der Waals surface area contributed by atoms with Crippen molar-refractivity contribution in [3.63, 3.8) is 0 Å². The van der Waals surface area contributed by atoms with Crippen LogP contribution >= 0.6 is 11.3 Å². The monoisotopic (exact) mass is 381 g/mol. The van der Waals surface area contributed by atoms with Crippen molar-refractivity contribution in [3.8, 4) is 10.4 Å². The molecule has 27 heavy (non-hydrogen) atoms. The van der Waals surface area contributed by atoms with E-state index in [0.717, 1.165) is 19.3 Å². The summed E-state index contributed by atoms with van der Waals surface area (Å²) in [5, 5.41) is 0. The van der Waals surface area contributed by atoms with E-state index in [4.69, 9.17) is 4.74 Å². The molecule has 3 heterocycles. The third-order valence-electron chi connectivity index (χ3n) is 5.22. The van der Waals surface area contributed by atoms with E-state index in [1.54, 1.807) is 0 Å². The van der Waals surface area contributed by atoms with Crippen molar-refractivity contribution < 1.29 is 9.53 Å². The molecule has 0 N–H and O–H groups in total. The fraction of sp³-hybridized carbons (Fsp3) is 0.435. The van der Waals surface area contributed by atoms with E-state index in [2.05, 4.69) is 42.5 Å². The lowest BCUT2D eigenvalue weighted by molar-refractivity contribution is 0.000102. The van der Waals surface area contributed by atoms with Crippen LogP contribution in [0.3, 0.4) is 0 Å². The van der Waals surface area contributed by atoms with E-state index < -0.39 is 5.60 Å². The summed E-state index contributed by atoms with van der Waals surface area (Å²) in [6.45, 7) is 5.80. The van der Waals surface area contributed by atoms with Crippen molar-refractivity contribution in [3.05, 3.63) is 53.4 Å². The molecule has 2 aliphatic heterocycles. The first-order valence-electron chi connectivity index (χ1n) is 9.78. The standard InChI is InChI=1S/C23H27NO2S/c1-23(2,3)26-22(25)24-18-10-7-11-19(24)15-17(14-18)21-13-12-20(27-21)16-8-5-4-6-9-16/h4-6,8-9,12-14,18-19H,7,10-11,15H2,1-3H3. The summed E-state index contributed by atoms with van der Waals surface area (Å²) in [6.07, 6.45) is 6.33. The molecule has 142 valence electrons. The number of piperidine rings is 1. The minimum atomic E-state index is -0.451. The van der Waals surface area contributed by atoms with Gasteiger partial charge in [0.05, 0.1) is 6.04 Å². The fourth-order valence-electron chi connectivity index (χ4n) is 4.08. The van der Waals surface area contributed by atoms with Gasteiger partial charge in [-0.2, -0.15) is 0 Å². The number of ether oxygens (including phenoxy) is 1. The number of carbonyl (C=O) groups excluding carboxylic acids is 1. The van der Waals surface area contributed by atoms with Crippen molar-refractivity contribution in [1.29, 1.82) is 0 Å². The van der Waals surface area contributed by atoms with Crippen LogP contribution in [0, 0.1) is 0 Å². The first-order valence-corrected chi connectivity index (χ1v) is 10.6. The number of amides is 1. The lowest BCUT2D eigenvalue weighted by Crippen LogP contribution is -2.52. The summed E-state index contributed by atoms with van der Waals surface area (Å²) in [5.74, 6) is 0. The van der Waals surface area contributed by atoms with Crippen LogP contribution in [0.2, 0.25) is 0 Å². The summed E-state index contributed by atoms with van der Waals surface area (Å²) < 4.78 is 5.68. The van der Waals surface area contributed by atoms with Crippen molar-refractivity contribution >= 4 is 23.0 Å². The number of benzene rings is 1. The quantitative estimate of drug-likeness (QED) is 0.606. The molecule has 2 unspecified atom stereocenters. The van der Waals surface area contributed by atoms with E-state index >= 15 is 0 Å². The van der Waals surface area contributed by atoms with E-state index in [1.807, 2.05) is 43.1 Å². The Morgan fingerprint density at radius 1 is 1.07 bits per heavy atom. The van der Waals surface area contributed by atoms with Gasteiger partial charge in [0.2, 0.25) is 0 Å². The van der Waals surface area contributed by atoms with Crippen LogP contribution in [0.1, 0.15) is 51.3 Å². The Hall–Kier alpha value is -2.07. The molecule has 4 heteroatoms. The molecule has 2 bridgehead atoms. The first kappa shape index (κ1) is 18.3. The Balaban J connectivity index is 1.58. The van der Waals surface area contributed by atoms with Gasteiger partial charge in [0, 0.05) is 15.8 Å². The van der Waals surface area contributed by atoms with E-state index in [9.17, 15) is 4.79 Å². The van der Waals surface area contributed by atoms with E-state index in [0.29, 0.717) is 0 Å². The van der Waals surface area contributed by atoms with Crippen LogP contribution in [-0.4, -0.2) is 28.7 Å². The number of fused-ring (bicyclic) bond motifs is 2. The molecule has 3 nitrogen and oxygen atoms in total. The maximum atomic E-state index is 12.7. The molecular formula is C23H27NO2S. The van der Waals surface area contributed by atoms with Gasteiger partial charge in [0.1, 0.15) is 5.60 Å². The van der Waals surface area contributed by atoms with Crippen LogP contribution in [-0.2, 0) is 4.74 Å². The molecule has 0 spiro atoms. The minimum Gasteiger partial charge on any atom is -0.444 e. The number of carbonyl (C=O) groups is 1. The van der Waals surface area contributed by atoms with Gasteiger partial charge >= 0.3 is 6.09 Å². The molecule has 2 aliphatic rings. The van der Waals surface area contributed by atoms with Crippen LogP contribution < -0.4 is 0 Å². The lowest BCUT2D eigenvalue weighted by atomic mass is 9.85. The minimum absolute atomic E-state index is 0.157. The molecule has 1 amide bonds. The predicted octanol–water partition coefficient (Wildman–Crippen LogP) is 6.36. The van der Waals surface area contributed by atoms with E-state index in [-0.39, 0.29) is 18.2 Å². The Kier molecular flexibility index (Phi) is 4.85. The number of rotatable bonds is 2. The molecule has 0 radical (unpaired) electrons. The van der Waals surface area contributed by atoms with Gasteiger partial charge in [-0.25, -0.2) is 4.79 Å². The Labute approximate surface area is 165 Å². The molecule has 0 saturated carbocycles. The van der Waals surface area contributed by atoms with Crippen molar-refractivity contribution in [2.24, 2.45) is 0 Å². The van der Waals surface area contributed by atoms with Crippen molar-refractivity contribution in [2.75, 3.05) is 0 Å². The Bertz CT molecular complexity index is 847. The third kappa shape index (κ3) is 3.96. The molecule has 4 rings (SSSR count). The van der Waals surface area contributed by atoms with Crippen LogP contribution in [0.4, 0.5) is 4.79 Å². The smallest absolute Gasteiger partial charge is 0.411 e. The summed E-state index contributed by atoms with van der Waals surface area (Å²) in [6, 6.07) is 15.4. The van der Waals surface area contributed by atoms with Crippen LogP contribution in [0.5, 0.6) is 0 Å². The lowest BCUT2D eigenvalue weighted by Gasteiger charge is -2.45. The Morgan fingerprint density at radius 2 is 1.81 bits per heavy atom. The highest BCUT2D eigenvalue weighted by Gasteiger charge is 2.39. The highest BCUT2D eigenvalue weighted by Crippen LogP contribution is 2.41. The van der Waals surface area contributed by atoms with Crippen LogP contribution in [0.15, 0.2) is 48.5 Å². The first-order chi connectivity index (χ1) is 12.9. The number of hydrogen-bond acceptors (Lipinski definition) is 3. The van der Waals surface area contributed by atoms with Gasteiger partial charge in [-0.1, -0.05) is 36.4 Å². The highest BCUT2D eigenvalue weighted by atomic mass is 32.1. The molecule has 2 aromatic rings. The highest BCUT2D eigenvalue weighted by molar-refractivity contribution is 7.16. The third-order valence-corrected chi connectivity index (χ3v) is 6.43. The van der Waals surface area contributed by atoms with Crippen molar-refractivity contribution in [2.45, 2.75) is 64.1 Å². The van der Waals surface area contributed by atoms with Gasteiger partial charge in [-0.05, 0) is 69.7 Å². The second kappa shape index (κ2) is 7.16. The molecular weight excluding hydrogens is 354 g/mol. The fourth-order valence-corrected chi connectivity index (χ4v) is 5.13. The SMILES string of the molecule is CC(C)(C)OC(=O)N1C2C=C(c3ccc(-c4ccccc4)s3)CC1CCC2. The van der Waals surface area contributed by atoms with Gasteiger partial charge in [0.15, 0.2) is 0 Å². The topological polar surface area (TPSA) is 29.5 Å². The second-order valence-corrected chi connectivity index (χ2v) is 9.55. The molecule has 0 aliphatic carbocycles. The van der Waals surface area contributed by atoms with Crippen LogP contribution in [0.25, 0.3) is 16.0 Å². The number of nitrogens with zero attached hydrogens (tertiary/aromatic N) is 1.